The van der Waals surface area contributed by atoms with E-state index in [0.29, 0.717) is 17.0 Å². The van der Waals surface area contributed by atoms with E-state index in [1.165, 1.54) is 34.0 Å². The highest BCUT2D eigenvalue weighted by Crippen LogP contribution is 2.38. The standard InChI is InChI=1S/C26H25ClF5N9O/c1-34-20-11-35-17(9-36-20)18(8-33)42-19-10-37-23-22(21(19)27)40(2)24(39-23)38-15-4-3-14(16(7-15)26(30,31)32)12-41-6-5-25(28,29)13-41/h3-4,7-11,33-35H,5-6,12-13H2,1-2H3,(H,37,38,39)/p+1/b18-17+,33-8?. The number of anilines is 2. The first-order valence-electron chi connectivity index (χ1n) is 12.7. The molecule has 1 saturated heterocycles. The summed E-state index contributed by atoms with van der Waals surface area (Å²) in [4.78, 5) is 14.1. The number of quaternary nitrogens is 1. The Morgan fingerprint density at radius 2 is 2.10 bits per heavy atom. The van der Waals surface area contributed by atoms with Gasteiger partial charge in [0.05, 0.1) is 30.7 Å². The topological polar surface area (TPSA) is 120 Å². The van der Waals surface area contributed by atoms with Crippen LogP contribution in [0.2, 0.25) is 5.02 Å². The van der Waals surface area contributed by atoms with Crippen LogP contribution in [0.15, 0.2) is 52.9 Å². The van der Waals surface area contributed by atoms with Crippen molar-refractivity contribution in [3.63, 3.8) is 0 Å². The van der Waals surface area contributed by atoms with E-state index in [4.69, 9.17) is 21.7 Å². The van der Waals surface area contributed by atoms with Crippen molar-refractivity contribution < 1.29 is 32.0 Å². The van der Waals surface area contributed by atoms with Gasteiger partial charge in [0.15, 0.2) is 22.9 Å². The number of hydrogen-bond acceptors (Lipinski definition) is 8. The van der Waals surface area contributed by atoms with Crippen molar-refractivity contribution in [1.29, 1.82) is 5.41 Å². The first-order valence-corrected chi connectivity index (χ1v) is 13.0. The normalized spacial score (nSPS) is 18.2. The number of fused-ring (bicyclic) bond motifs is 1. The minimum absolute atomic E-state index is 0.0161. The van der Waals surface area contributed by atoms with Crippen LogP contribution in [-0.2, 0) is 19.8 Å². The van der Waals surface area contributed by atoms with Gasteiger partial charge < -0.3 is 25.3 Å². The smallest absolute Gasteiger partial charge is 0.416 e. The highest BCUT2D eigenvalue weighted by atomic mass is 35.5. The number of benzene rings is 1. The van der Waals surface area contributed by atoms with Crippen LogP contribution < -0.4 is 20.7 Å². The van der Waals surface area contributed by atoms with E-state index in [0.717, 1.165) is 12.3 Å². The number of nitrogens with zero attached hydrogens (tertiary/aromatic N) is 5. The molecule has 16 heteroatoms. The summed E-state index contributed by atoms with van der Waals surface area (Å²) in [5.74, 6) is -1.83. The number of aryl methyl sites for hydroxylation is 1. The predicted octanol–water partition coefficient (Wildman–Crippen LogP) is 4.13. The molecular weight excluding hydrogens is 585 g/mol. The molecule has 2 aliphatic heterocycles. The van der Waals surface area contributed by atoms with Gasteiger partial charge in [0, 0.05) is 39.3 Å². The molecule has 0 unspecified atom stereocenters. The maximum atomic E-state index is 13.9. The summed E-state index contributed by atoms with van der Waals surface area (Å²) in [6.45, 7) is -0.811. The van der Waals surface area contributed by atoms with Crippen LogP contribution in [0, 0.1) is 5.41 Å². The fourth-order valence-corrected chi connectivity index (χ4v) is 4.94. The molecule has 0 bridgehead atoms. The maximum absolute atomic E-state index is 13.9. The molecule has 2 aromatic heterocycles. The van der Waals surface area contributed by atoms with Crippen molar-refractivity contribution >= 4 is 46.8 Å². The van der Waals surface area contributed by atoms with E-state index >= 15 is 0 Å². The average Bonchev–Trinajstić information content (AvgIpc) is 3.46. The van der Waals surface area contributed by atoms with Crippen molar-refractivity contribution in [2.45, 2.75) is 25.1 Å². The summed E-state index contributed by atoms with van der Waals surface area (Å²) in [6, 6.07) is 3.62. The number of aliphatic imine (C=N–C) groups is 1. The van der Waals surface area contributed by atoms with Crippen LogP contribution in [0.5, 0.6) is 5.75 Å². The first-order chi connectivity index (χ1) is 19.9. The molecule has 0 saturated carbocycles. The van der Waals surface area contributed by atoms with Gasteiger partial charge in [0.25, 0.3) is 5.92 Å². The van der Waals surface area contributed by atoms with Crippen molar-refractivity contribution in [3.05, 3.63) is 64.0 Å². The lowest BCUT2D eigenvalue weighted by atomic mass is 10.1. The second-order valence-electron chi connectivity index (χ2n) is 9.71. The quantitative estimate of drug-likeness (QED) is 0.173. The Hall–Kier alpha value is -4.08. The van der Waals surface area contributed by atoms with Gasteiger partial charge in [0.1, 0.15) is 16.7 Å². The zero-order valence-electron chi connectivity index (χ0n) is 22.4. The molecule has 42 heavy (non-hydrogen) atoms. The summed E-state index contributed by atoms with van der Waals surface area (Å²) < 4.78 is 76.4. The van der Waals surface area contributed by atoms with Gasteiger partial charge in [-0.2, -0.15) is 18.2 Å². The largest absolute Gasteiger partial charge is 0.446 e. The summed E-state index contributed by atoms with van der Waals surface area (Å²) in [7, 11) is 3.33. The van der Waals surface area contributed by atoms with E-state index in [-0.39, 0.29) is 58.9 Å². The fourth-order valence-electron chi connectivity index (χ4n) is 4.64. The number of nitrogens with one attached hydrogen (secondary N) is 3. The number of likely N-dealkylation sites (tertiary alicyclic amines) is 1. The number of hydrogen-bond donors (Lipinski definition) is 4. The molecule has 3 aromatic rings. The van der Waals surface area contributed by atoms with Crippen LogP contribution >= 0.6 is 11.6 Å². The van der Waals surface area contributed by atoms with Gasteiger partial charge in [0.2, 0.25) is 11.7 Å². The van der Waals surface area contributed by atoms with Crippen LogP contribution in [0.4, 0.5) is 33.6 Å². The van der Waals surface area contributed by atoms with Crippen molar-refractivity contribution in [3.8, 4) is 5.75 Å². The Labute approximate surface area is 241 Å². The van der Waals surface area contributed by atoms with E-state index in [2.05, 4.69) is 25.6 Å². The zero-order valence-corrected chi connectivity index (χ0v) is 23.1. The maximum Gasteiger partial charge on any atom is 0.416 e. The van der Waals surface area contributed by atoms with Gasteiger partial charge in [-0.05, 0) is 17.7 Å². The first kappa shape index (κ1) is 29.4. The molecule has 0 radical (unpaired) electrons. The summed E-state index contributed by atoms with van der Waals surface area (Å²) in [6.07, 6.45) is 0.490. The second-order valence-corrected chi connectivity index (χ2v) is 10.1. The Balaban J connectivity index is 1.41. The molecule has 0 spiro atoms. The molecule has 0 atom stereocenters. The minimum Gasteiger partial charge on any atom is -0.446 e. The Kier molecular flexibility index (Phi) is 7.92. The minimum atomic E-state index is -4.70. The average molecular weight is 611 g/mol. The number of imidazole rings is 1. The van der Waals surface area contributed by atoms with Crippen LogP contribution in [0.25, 0.3) is 11.2 Å². The van der Waals surface area contributed by atoms with Gasteiger partial charge in [-0.3, -0.25) is 10.2 Å². The van der Waals surface area contributed by atoms with Crippen molar-refractivity contribution in [2.75, 3.05) is 25.5 Å². The molecule has 5 N–H and O–H groups in total. The summed E-state index contributed by atoms with van der Waals surface area (Å²) >= 11 is 6.63. The van der Waals surface area contributed by atoms with E-state index < -0.39 is 24.2 Å². The third kappa shape index (κ3) is 6.07. The SMILES string of the molecule is CNC1=C[NH2+]/C(=C(\C=N)Oc2cnc3nc(Nc4ccc(CN5CCC(F)(F)C5)c(C(F)(F)F)c4)n(C)c3c2Cl)C=N1. The lowest BCUT2D eigenvalue weighted by molar-refractivity contribution is -0.529. The van der Waals surface area contributed by atoms with Crippen LogP contribution in [0.1, 0.15) is 17.5 Å². The molecular formula is C26H26ClF5N9O+. The predicted molar refractivity (Wildman–Crippen MR) is 147 cm³/mol. The fraction of sp³-hybridized carbons (Fsp3) is 0.308. The summed E-state index contributed by atoms with van der Waals surface area (Å²) in [5.41, 5.74) is 0.121. The Morgan fingerprint density at radius 3 is 2.71 bits per heavy atom. The highest BCUT2D eigenvalue weighted by molar-refractivity contribution is 6.36. The molecule has 222 valence electrons. The molecule has 0 aliphatic carbocycles. The Morgan fingerprint density at radius 1 is 1.31 bits per heavy atom. The van der Waals surface area contributed by atoms with Crippen molar-refractivity contribution in [2.24, 2.45) is 12.0 Å². The van der Waals surface area contributed by atoms with Gasteiger partial charge in [-0.25, -0.2) is 18.8 Å². The number of pyridine rings is 1. The Bertz CT molecular complexity index is 1630. The molecule has 2 aliphatic rings. The number of nitrogens with two attached hydrogens (primary N) is 1. The number of alkyl halides is 5. The van der Waals surface area contributed by atoms with E-state index in [1.807, 2.05) is 0 Å². The third-order valence-electron chi connectivity index (χ3n) is 6.77. The second kappa shape index (κ2) is 11.3. The monoisotopic (exact) mass is 610 g/mol. The van der Waals surface area contributed by atoms with E-state index in [1.54, 1.807) is 25.6 Å². The van der Waals surface area contributed by atoms with E-state index in [9.17, 15) is 22.0 Å². The third-order valence-corrected chi connectivity index (χ3v) is 7.14. The molecule has 4 heterocycles. The molecule has 0 amide bonds. The number of aromatic nitrogens is 3. The number of ether oxygens (including phenoxy) is 1. The molecule has 5 rings (SSSR count). The number of allylic oxidation sites excluding steroid dienone is 2. The number of halogens is 6. The lowest BCUT2D eigenvalue weighted by Gasteiger charge is -2.20. The highest BCUT2D eigenvalue weighted by Gasteiger charge is 2.40. The lowest BCUT2D eigenvalue weighted by Crippen LogP contribution is -2.78. The molecule has 1 aromatic carbocycles. The zero-order chi connectivity index (χ0) is 30.2. The molecule has 1 fully saturated rings. The van der Waals surface area contributed by atoms with Gasteiger partial charge >= 0.3 is 6.18 Å². The van der Waals surface area contributed by atoms with Gasteiger partial charge in [-0.1, -0.05) is 17.7 Å². The van der Waals surface area contributed by atoms with Crippen LogP contribution in [0.3, 0.4) is 0 Å². The van der Waals surface area contributed by atoms with Crippen molar-refractivity contribution in [1.82, 2.24) is 24.8 Å². The van der Waals surface area contributed by atoms with Crippen LogP contribution in [-0.4, -0.2) is 57.9 Å². The number of rotatable bonds is 8. The summed E-state index contributed by atoms with van der Waals surface area (Å²) in [5, 5.41) is 15.4. The van der Waals surface area contributed by atoms with Gasteiger partial charge in [-0.15, -0.1) is 0 Å². The molecule has 10 nitrogen and oxygen atoms in total.